The van der Waals surface area contributed by atoms with Crippen LogP contribution in [0.2, 0.25) is 0 Å². The second-order valence-electron chi connectivity index (χ2n) is 16.4. The van der Waals surface area contributed by atoms with Crippen molar-refractivity contribution in [3.05, 3.63) is 188 Å². The van der Waals surface area contributed by atoms with Gasteiger partial charge in [-0.3, -0.25) is 0 Å². The molecule has 0 atom stereocenters. The van der Waals surface area contributed by atoms with Crippen molar-refractivity contribution in [3.63, 3.8) is 0 Å². The van der Waals surface area contributed by atoms with E-state index >= 15 is 0 Å². The van der Waals surface area contributed by atoms with E-state index in [0.717, 1.165) is 11.4 Å². The van der Waals surface area contributed by atoms with Crippen LogP contribution in [0.1, 0.15) is 0 Å². The number of hydrogen-bond donors (Lipinski definition) is 0. The second kappa shape index (κ2) is 10.6. The zero-order chi connectivity index (χ0) is 38.1. The predicted molar refractivity (Wildman–Crippen MR) is 250 cm³/mol. The Labute approximate surface area is 338 Å². The van der Waals surface area contributed by atoms with Gasteiger partial charge in [0.1, 0.15) is 0 Å². The lowest BCUT2D eigenvalue weighted by molar-refractivity contribution is 1.26. The molecule has 13 aromatic rings. The van der Waals surface area contributed by atoms with Crippen molar-refractivity contribution >= 4 is 133 Å². The molecule has 0 bridgehead atoms. The summed E-state index contributed by atoms with van der Waals surface area (Å²) in [7, 11) is 0. The van der Waals surface area contributed by atoms with Crippen LogP contribution in [0.5, 0.6) is 0 Å². The van der Waals surface area contributed by atoms with Crippen molar-refractivity contribution in [2.75, 3.05) is 9.80 Å². The van der Waals surface area contributed by atoms with Gasteiger partial charge in [0.15, 0.2) is 0 Å². The SMILES string of the molecule is c1ccc(N2c3cc4c(cc3B3c5ccc6c(c5N(c5ccccc5)c5cccc2c53)c2cccc3c5ccccc5n6c32)c2cccc3c5ccccc5n4c32)cc1. The first kappa shape index (κ1) is 30.4. The lowest BCUT2D eigenvalue weighted by Crippen LogP contribution is -2.61. The third-order valence-electron chi connectivity index (χ3n) is 13.7. The van der Waals surface area contributed by atoms with Crippen LogP contribution in [0.25, 0.3) is 76.2 Å². The molecule has 5 heteroatoms. The Morgan fingerprint density at radius 2 is 0.847 bits per heavy atom. The number of benzene rings is 9. The summed E-state index contributed by atoms with van der Waals surface area (Å²) in [6.45, 7) is -0.00598. The summed E-state index contributed by atoms with van der Waals surface area (Å²) in [5.41, 5.74) is 18.8. The maximum Gasteiger partial charge on any atom is 0.252 e. The average molecular weight is 747 g/mol. The second-order valence-corrected chi connectivity index (χ2v) is 16.4. The molecule has 0 saturated carbocycles. The van der Waals surface area contributed by atoms with Crippen molar-refractivity contribution in [1.82, 2.24) is 8.80 Å². The van der Waals surface area contributed by atoms with E-state index < -0.39 is 0 Å². The minimum atomic E-state index is -0.00598. The number of para-hydroxylation sites is 6. The van der Waals surface area contributed by atoms with Gasteiger partial charge < -0.3 is 18.6 Å². The summed E-state index contributed by atoms with van der Waals surface area (Å²) in [4.78, 5) is 5.09. The summed E-state index contributed by atoms with van der Waals surface area (Å²) in [5, 5.41) is 10.4. The Balaban J connectivity index is 1.13. The maximum absolute atomic E-state index is 2.57. The highest BCUT2D eigenvalue weighted by Crippen LogP contribution is 2.50. The fraction of sp³-hybridized carbons (Fsp3) is 0. The van der Waals surface area contributed by atoms with Gasteiger partial charge in [-0.05, 0) is 77.1 Å². The summed E-state index contributed by atoms with van der Waals surface area (Å²) in [6.07, 6.45) is 0. The number of rotatable bonds is 2. The van der Waals surface area contributed by atoms with Crippen LogP contribution in [0.4, 0.5) is 34.1 Å². The van der Waals surface area contributed by atoms with Crippen LogP contribution in [-0.2, 0) is 0 Å². The van der Waals surface area contributed by atoms with E-state index in [9.17, 15) is 0 Å². The van der Waals surface area contributed by atoms with Crippen molar-refractivity contribution in [3.8, 4) is 0 Å². The van der Waals surface area contributed by atoms with E-state index in [-0.39, 0.29) is 6.71 Å². The minimum absolute atomic E-state index is 0.00598. The first-order valence-corrected chi connectivity index (χ1v) is 20.6. The standard InChI is InChI=1S/C54H31BN4/c1-3-14-32(15-4-1)56-46-26-13-27-47-51(46)55(42-30-40-38-22-11-20-36-34-18-8-10-25-44(34)59(52(36)38)48(40)31-49(42)56)41-28-29-45-50(54(41)57(47)33-16-5-2-6-17-33)39-23-12-21-37-35-19-7-9-24-43(35)58(45)53(37)39/h1-31H. The molecule has 15 rings (SSSR count). The highest BCUT2D eigenvalue weighted by atomic mass is 15.2. The van der Waals surface area contributed by atoms with Gasteiger partial charge in [-0.2, -0.15) is 0 Å². The summed E-state index contributed by atoms with van der Waals surface area (Å²) in [6, 6.07) is 70.3. The molecule has 270 valence electrons. The Morgan fingerprint density at radius 1 is 0.322 bits per heavy atom. The number of aromatic nitrogens is 2. The van der Waals surface area contributed by atoms with Gasteiger partial charge in [0, 0.05) is 71.5 Å². The van der Waals surface area contributed by atoms with Crippen LogP contribution in [-0.4, -0.2) is 15.5 Å². The van der Waals surface area contributed by atoms with Crippen molar-refractivity contribution < 1.29 is 0 Å². The molecule has 0 N–H and O–H groups in total. The quantitative estimate of drug-likeness (QED) is 0.164. The van der Waals surface area contributed by atoms with Crippen LogP contribution in [0.15, 0.2) is 188 Å². The first-order chi connectivity index (χ1) is 29.3. The molecule has 0 spiro atoms. The van der Waals surface area contributed by atoms with E-state index in [1.807, 2.05) is 0 Å². The summed E-state index contributed by atoms with van der Waals surface area (Å²) < 4.78 is 5.03. The van der Waals surface area contributed by atoms with E-state index in [4.69, 9.17) is 0 Å². The van der Waals surface area contributed by atoms with Crippen molar-refractivity contribution in [2.24, 2.45) is 0 Å². The smallest absolute Gasteiger partial charge is 0.252 e. The third-order valence-corrected chi connectivity index (χ3v) is 13.7. The van der Waals surface area contributed by atoms with Gasteiger partial charge in [-0.1, -0.05) is 127 Å². The largest absolute Gasteiger partial charge is 0.311 e. The molecule has 2 aliphatic heterocycles. The van der Waals surface area contributed by atoms with Gasteiger partial charge in [0.2, 0.25) is 0 Å². The third kappa shape index (κ3) is 3.56. The zero-order valence-electron chi connectivity index (χ0n) is 31.8. The van der Waals surface area contributed by atoms with Gasteiger partial charge in [-0.15, -0.1) is 0 Å². The lowest BCUT2D eigenvalue weighted by Gasteiger charge is -2.44. The maximum atomic E-state index is 2.57. The van der Waals surface area contributed by atoms with Gasteiger partial charge in [-0.25, -0.2) is 0 Å². The molecule has 9 aromatic carbocycles. The molecule has 0 saturated heterocycles. The molecule has 0 amide bonds. The predicted octanol–water partition coefficient (Wildman–Crippen LogP) is 12.1. The molecular weight excluding hydrogens is 715 g/mol. The lowest BCUT2D eigenvalue weighted by atomic mass is 9.33. The topological polar surface area (TPSA) is 15.3 Å². The summed E-state index contributed by atoms with van der Waals surface area (Å²) in [5.74, 6) is 0. The van der Waals surface area contributed by atoms with E-state index in [1.165, 1.54) is 115 Å². The van der Waals surface area contributed by atoms with Crippen LogP contribution >= 0.6 is 0 Å². The highest BCUT2D eigenvalue weighted by molar-refractivity contribution is 7.00. The fourth-order valence-corrected chi connectivity index (χ4v) is 11.6. The molecule has 0 radical (unpaired) electrons. The van der Waals surface area contributed by atoms with Crippen LogP contribution in [0, 0.1) is 0 Å². The zero-order valence-corrected chi connectivity index (χ0v) is 31.8. The Bertz CT molecular complexity index is 3870. The molecule has 59 heavy (non-hydrogen) atoms. The number of nitrogens with zero attached hydrogens (tertiary/aromatic N) is 4. The molecule has 0 aliphatic carbocycles. The van der Waals surface area contributed by atoms with E-state index in [0.29, 0.717) is 0 Å². The van der Waals surface area contributed by atoms with Gasteiger partial charge in [0.25, 0.3) is 6.71 Å². The van der Waals surface area contributed by atoms with Gasteiger partial charge in [0.05, 0.1) is 38.8 Å². The Hall–Kier alpha value is -7.76. The number of anilines is 6. The normalized spacial score (nSPS) is 13.7. The molecule has 0 fully saturated rings. The molecule has 4 aromatic heterocycles. The first-order valence-electron chi connectivity index (χ1n) is 20.6. The van der Waals surface area contributed by atoms with E-state index in [1.54, 1.807) is 0 Å². The Morgan fingerprint density at radius 3 is 1.54 bits per heavy atom. The van der Waals surface area contributed by atoms with Crippen LogP contribution < -0.4 is 26.2 Å². The van der Waals surface area contributed by atoms with Gasteiger partial charge >= 0.3 is 0 Å². The highest BCUT2D eigenvalue weighted by Gasteiger charge is 2.44. The minimum Gasteiger partial charge on any atom is -0.311 e. The monoisotopic (exact) mass is 746 g/mol. The summed E-state index contributed by atoms with van der Waals surface area (Å²) >= 11 is 0. The van der Waals surface area contributed by atoms with Crippen molar-refractivity contribution in [1.29, 1.82) is 0 Å². The average Bonchev–Trinajstić information content (AvgIpc) is 4.03. The molecule has 4 nitrogen and oxygen atoms in total. The molecule has 6 heterocycles. The van der Waals surface area contributed by atoms with Crippen LogP contribution in [0.3, 0.4) is 0 Å². The molecule has 0 unspecified atom stereocenters. The Kier molecular flexibility index (Phi) is 5.46. The molecular formula is C54H31BN4. The van der Waals surface area contributed by atoms with Crippen molar-refractivity contribution in [2.45, 2.75) is 0 Å². The number of hydrogen-bond acceptors (Lipinski definition) is 2. The fourth-order valence-electron chi connectivity index (χ4n) is 11.6. The molecule has 2 aliphatic rings. The number of fused-ring (bicyclic) bond motifs is 17. The van der Waals surface area contributed by atoms with E-state index in [2.05, 4.69) is 207 Å².